The Labute approximate surface area is 156 Å². The molecule has 0 aromatic heterocycles. The molecule has 4 nitrogen and oxygen atoms in total. The Bertz CT molecular complexity index is 710. The van der Waals surface area contributed by atoms with E-state index in [1.165, 1.54) is 0 Å². The van der Waals surface area contributed by atoms with Gasteiger partial charge < -0.3 is 0 Å². The molecule has 0 aliphatic heterocycles. The molecule has 1 N–H and O–H groups in total. The average Bonchev–Trinajstić information content (AvgIpc) is 3.02. The zero-order chi connectivity index (χ0) is 19.3. The van der Waals surface area contributed by atoms with E-state index in [0.717, 1.165) is 30.7 Å². The Morgan fingerprint density at radius 2 is 1.15 bits per heavy atom. The molecule has 4 fully saturated rings. The molecule has 0 amide bonds. The highest BCUT2D eigenvalue weighted by Crippen LogP contribution is 2.66. The first-order valence-corrected chi connectivity index (χ1v) is 9.88. The molecule has 0 aromatic rings. The minimum atomic E-state index is -0.338. The molecule has 4 aliphatic rings. The molecular formula is C22H31NO3. The summed E-state index contributed by atoms with van der Waals surface area (Å²) < 4.78 is 0. The van der Waals surface area contributed by atoms with Crippen LogP contribution in [0.4, 0.5) is 0 Å². The second-order valence-electron chi connectivity index (χ2n) is 10.5. The van der Waals surface area contributed by atoms with Crippen LogP contribution in [0.3, 0.4) is 0 Å². The molecule has 0 heterocycles. The van der Waals surface area contributed by atoms with Crippen molar-refractivity contribution < 1.29 is 14.8 Å². The van der Waals surface area contributed by atoms with Crippen LogP contribution in [0.25, 0.3) is 0 Å². The number of allylic oxidation sites excluding steroid dienone is 2. The minimum Gasteiger partial charge on any atom is -0.294 e. The molecule has 0 radical (unpaired) electrons. The van der Waals surface area contributed by atoms with Crippen LogP contribution in [0.5, 0.6) is 0 Å². The largest absolute Gasteiger partial charge is 0.294 e. The van der Waals surface area contributed by atoms with Gasteiger partial charge in [0, 0.05) is 34.4 Å². The third-order valence-electron chi connectivity index (χ3n) is 9.27. The first-order chi connectivity index (χ1) is 11.9. The summed E-state index contributed by atoms with van der Waals surface area (Å²) in [6, 6.07) is 0. The number of carbonyl (C=O) groups is 2. The molecule has 4 atom stereocenters. The number of nitrogens with zero attached hydrogens (tertiary/aromatic N) is 1. The van der Waals surface area contributed by atoms with Crippen molar-refractivity contribution in [3.05, 3.63) is 23.5 Å². The van der Waals surface area contributed by atoms with E-state index in [-0.39, 0.29) is 45.1 Å². The Morgan fingerprint density at radius 1 is 0.808 bits per heavy atom. The van der Waals surface area contributed by atoms with Crippen molar-refractivity contribution >= 4 is 11.6 Å². The van der Waals surface area contributed by atoms with Crippen molar-refractivity contribution in [2.45, 2.75) is 67.2 Å². The Balaban J connectivity index is 1.66. The fraction of sp³-hybridized carbons (Fsp3) is 0.727. The van der Waals surface area contributed by atoms with Gasteiger partial charge in [0.1, 0.15) is 0 Å². The lowest BCUT2D eigenvalue weighted by atomic mass is 9.70. The lowest BCUT2D eigenvalue weighted by Gasteiger charge is -2.31. The Kier molecular flexibility index (Phi) is 3.38. The van der Waals surface area contributed by atoms with Crippen LogP contribution in [-0.2, 0) is 9.59 Å². The number of Topliss-reactive ketones (excluding diaryl/α,β-unsaturated/α-hetero) is 2. The second-order valence-corrected chi connectivity index (χ2v) is 10.5. The maximum absolute atomic E-state index is 12.9. The molecule has 4 saturated carbocycles. The first-order valence-electron chi connectivity index (χ1n) is 9.88. The fourth-order valence-electron chi connectivity index (χ4n) is 6.48. The highest BCUT2D eigenvalue weighted by molar-refractivity contribution is 6.05. The van der Waals surface area contributed by atoms with Crippen molar-refractivity contribution in [3.63, 3.8) is 0 Å². The number of hydrogen-bond donors (Lipinski definition) is 1. The Hall–Kier alpha value is -1.42. The summed E-state index contributed by atoms with van der Waals surface area (Å²) in [5.41, 5.74) is 0.585. The summed E-state index contributed by atoms with van der Waals surface area (Å²) in [7, 11) is 0. The minimum absolute atomic E-state index is 0.0817. The zero-order valence-electron chi connectivity index (χ0n) is 16.8. The lowest BCUT2D eigenvalue weighted by molar-refractivity contribution is -0.126. The van der Waals surface area contributed by atoms with Crippen molar-refractivity contribution in [1.29, 1.82) is 0 Å². The van der Waals surface area contributed by atoms with E-state index in [1.54, 1.807) is 12.4 Å². The van der Waals surface area contributed by atoms with Crippen LogP contribution in [0.1, 0.15) is 67.2 Å². The van der Waals surface area contributed by atoms with Crippen LogP contribution in [0, 0.1) is 33.5 Å². The maximum Gasteiger partial charge on any atom is 0.167 e. The molecule has 4 heteroatoms. The van der Waals surface area contributed by atoms with Gasteiger partial charge in [-0.3, -0.25) is 14.8 Å². The average molecular weight is 357 g/mol. The molecule has 0 aromatic carbocycles. The van der Waals surface area contributed by atoms with Gasteiger partial charge in [0.05, 0.1) is 0 Å². The maximum atomic E-state index is 12.9. The zero-order valence-corrected chi connectivity index (χ0v) is 16.8. The lowest BCUT2D eigenvalue weighted by Crippen LogP contribution is -2.32. The number of ketones is 2. The van der Waals surface area contributed by atoms with Crippen LogP contribution in [-0.4, -0.2) is 21.8 Å². The van der Waals surface area contributed by atoms with Gasteiger partial charge in [-0.1, -0.05) is 41.5 Å². The molecule has 0 saturated heterocycles. The molecule has 26 heavy (non-hydrogen) atoms. The van der Waals surface area contributed by atoms with Gasteiger partial charge in [0.25, 0.3) is 0 Å². The van der Waals surface area contributed by atoms with Gasteiger partial charge >= 0.3 is 0 Å². The standard InChI is InChI=1S/C22H31NO3/c1-19(2)15-7-9-21(19,5)17(24)13(15)11-23(26)12-14-16-8-10-22(6,18(14)25)20(16,3)4/h11-12,15-16,26H,7-10H2,1-6H3/b13-11+,14-12+/t15-,16+,21-,22+. The van der Waals surface area contributed by atoms with Crippen LogP contribution in [0.15, 0.2) is 23.5 Å². The molecule has 4 rings (SSSR count). The molecule has 0 spiro atoms. The molecule has 4 bridgehead atoms. The predicted octanol–water partition coefficient (Wildman–Crippen LogP) is 4.50. The molecule has 142 valence electrons. The Morgan fingerprint density at radius 3 is 1.42 bits per heavy atom. The van der Waals surface area contributed by atoms with Gasteiger partial charge in [-0.25, -0.2) is 5.06 Å². The fourth-order valence-corrected chi connectivity index (χ4v) is 6.48. The van der Waals surface area contributed by atoms with Crippen molar-refractivity contribution in [2.24, 2.45) is 33.5 Å². The highest BCUT2D eigenvalue weighted by atomic mass is 16.5. The summed E-state index contributed by atoms with van der Waals surface area (Å²) in [5.74, 6) is 0.668. The number of hydrogen-bond acceptors (Lipinski definition) is 4. The number of hydroxylamine groups is 2. The monoisotopic (exact) mass is 357 g/mol. The number of rotatable bonds is 2. The van der Waals surface area contributed by atoms with E-state index in [4.69, 9.17) is 0 Å². The highest BCUT2D eigenvalue weighted by Gasteiger charge is 2.65. The van der Waals surface area contributed by atoms with E-state index in [0.29, 0.717) is 11.1 Å². The van der Waals surface area contributed by atoms with Crippen molar-refractivity contribution in [2.75, 3.05) is 0 Å². The summed E-state index contributed by atoms with van der Waals surface area (Å²) >= 11 is 0. The van der Waals surface area contributed by atoms with Gasteiger partial charge in [-0.2, -0.15) is 0 Å². The normalized spacial score (nSPS) is 45.3. The quantitative estimate of drug-likeness (QED) is 0.584. The number of fused-ring (bicyclic) bond motifs is 4. The van der Waals surface area contributed by atoms with Crippen LogP contribution >= 0.6 is 0 Å². The topological polar surface area (TPSA) is 57.6 Å². The number of carbonyl (C=O) groups excluding carboxylic acids is 2. The van der Waals surface area contributed by atoms with Gasteiger partial charge in [-0.05, 0) is 48.3 Å². The van der Waals surface area contributed by atoms with Gasteiger partial charge in [-0.15, -0.1) is 0 Å². The summed E-state index contributed by atoms with van der Waals surface area (Å²) in [5, 5.41) is 11.5. The van der Waals surface area contributed by atoms with Crippen molar-refractivity contribution in [3.8, 4) is 0 Å². The third kappa shape index (κ3) is 1.79. The van der Waals surface area contributed by atoms with E-state index >= 15 is 0 Å². The third-order valence-corrected chi connectivity index (χ3v) is 9.27. The summed E-state index contributed by atoms with van der Waals surface area (Å²) in [6.45, 7) is 12.7. The summed E-state index contributed by atoms with van der Waals surface area (Å²) in [4.78, 5) is 25.9. The van der Waals surface area contributed by atoms with E-state index in [2.05, 4.69) is 41.5 Å². The van der Waals surface area contributed by atoms with Gasteiger partial charge in [0.15, 0.2) is 11.6 Å². The second kappa shape index (κ2) is 4.89. The molecule has 4 aliphatic carbocycles. The molecular weight excluding hydrogens is 326 g/mol. The molecule has 0 unspecified atom stereocenters. The smallest absolute Gasteiger partial charge is 0.167 e. The van der Waals surface area contributed by atoms with Crippen LogP contribution in [0.2, 0.25) is 0 Å². The summed E-state index contributed by atoms with van der Waals surface area (Å²) in [6.07, 6.45) is 6.94. The SMILES string of the molecule is CC1(C)[C@H]2CC[C@@]1(C)C(=O)/C2=C/N(O)/C=C1/C(=O)[C@@]2(C)CC[C@H]1C2(C)C. The predicted molar refractivity (Wildman–Crippen MR) is 99.0 cm³/mol. The first kappa shape index (κ1) is 18.0. The van der Waals surface area contributed by atoms with E-state index in [9.17, 15) is 14.8 Å². The van der Waals surface area contributed by atoms with E-state index in [1.807, 2.05) is 0 Å². The van der Waals surface area contributed by atoms with Gasteiger partial charge in [0.2, 0.25) is 0 Å². The van der Waals surface area contributed by atoms with Crippen LogP contribution < -0.4 is 0 Å². The van der Waals surface area contributed by atoms with E-state index < -0.39 is 0 Å². The van der Waals surface area contributed by atoms with Crippen molar-refractivity contribution in [1.82, 2.24) is 5.06 Å².